The lowest BCUT2D eigenvalue weighted by Gasteiger charge is -2.11. The first-order chi connectivity index (χ1) is 6.36. The lowest BCUT2D eigenvalue weighted by Crippen LogP contribution is -2.29. The Kier molecular flexibility index (Phi) is 5.01. The quantitative estimate of drug-likeness (QED) is 0.632. The molecule has 1 saturated heterocycles. The maximum atomic E-state index is 10.6. The van der Waals surface area contributed by atoms with E-state index in [2.05, 4.69) is 5.32 Å². The van der Waals surface area contributed by atoms with Gasteiger partial charge < -0.3 is 15.8 Å². The molecule has 1 fully saturated rings. The first-order valence-corrected chi connectivity index (χ1v) is 5.25. The lowest BCUT2D eigenvalue weighted by molar-refractivity contribution is -0.109. The summed E-state index contributed by atoms with van der Waals surface area (Å²) < 4.78 is 0. The van der Waals surface area contributed by atoms with E-state index in [1.54, 1.807) is 0 Å². The van der Waals surface area contributed by atoms with Crippen LogP contribution in [-0.2, 0) is 4.79 Å². The lowest BCUT2D eigenvalue weighted by atomic mass is 9.94. The Morgan fingerprint density at radius 1 is 1.38 bits per heavy atom. The number of carbonyl (C=O) groups is 1. The molecule has 0 aromatic rings. The summed E-state index contributed by atoms with van der Waals surface area (Å²) in [7, 11) is 0. The van der Waals surface area contributed by atoms with Crippen molar-refractivity contribution in [2.75, 3.05) is 13.1 Å². The van der Waals surface area contributed by atoms with E-state index in [9.17, 15) is 4.79 Å². The number of nitrogens with one attached hydrogen (secondary N) is 1. The van der Waals surface area contributed by atoms with Gasteiger partial charge in [-0.1, -0.05) is 0 Å². The summed E-state index contributed by atoms with van der Waals surface area (Å²) in [5, 5.41) is 3.24. The van der Waals surface area contributed by atoms with Gasteiger partial charge in [-0.15, -0.1) is 0 Å². The van der Waals surface area contributed by atoms with Gasteiger partial charge >= 0.3 is 0 Å². The van der Waals surface area contributed by atoms with Gasteiger partial charge in [0.25, 0.3) is 0 Å². The number of hydrogen-bond acceptors (Lipinski definition) is 3. The summed E-state index contributed by atoms with van der Waals surface area (Å²) in [5.74, 6) is 0.779. The molecule has 13 heavy (non-hydrogen) atoms. The first-order valence-electron chi connectivity index (χ1n) is 5.25. The third kappa shape index (κ3) is 3.87. The number of aldehydes is 1. The monoisotopic (exact) mass is 184 g/mol. The van der Waals surface area contributed by atoms with Crippen molar-refractivity contribution < 1.29 is 4.79 Å². The van der Waals surface area contributed by atoms with Crippen LogP contribution in [0.4, 0.5) is 0 Å². The Morgan fingerprint density at radius 3 is 2.92 bits per heavy atom. The van der Waals surface area contributed by atoms with E-state index in [1.165, 1.54) is 19.3 Å². The van der Waals surface area contributed by atoms with Crippen LogP contribution in [0.2, 0.25) is 0 Å². The van der Waals surface area contributed by atoms with Crippen LogP contribution in [0, 0.1) is 5.92 Å². The first kappa shape index (κ1) is 10.7. The van der Waals surface area contributed by atoms with E-state index in [-0.39, 0.29) is 6.04 Å². The minimum atomic E-state index is 0.0999. The largest absolute Gasteiger partial charge is 0.330 e. The van der Waals surface area contributed by atoms with Gasteiger partial charge in [-0.3, -0.25) is 0 Å². The third-order valence-electron chi connectivity index (χ3n) is 2.83. The van der Waals surface area contributed by atoms with E-state index in [0.29, 0.717) is 0 Å². The van der Waals surface area contributed by atoms with Gasteiger partial charge in [-0.25, -0.2) is 0 Å². The highest BCUT2D eigenvalue weighted by Gasteiger charge is 2.16. The van der Waals surface area contributed by atoms with Gasteiger partial charge in [0.15, 0.2) is 0 Å². The van der Waals surface area contributed by atoms with Crippen molar-refractivity contribution in [3.05, 3.63) is 0 Å². The SMILES string of the molecule is NCCCC1CCNC(C=O)CC1. The number of carbonyl (C=O) groups excluding carboxylic acids is 1. The van der Waals surface area contributed by atoms with Gasteiger partial charge in [0.2, 0.25) is 0 Å². The molecular weight excluding hydrogens is 164 g/mol. The van der Waals surface area contributed by atoms with E-state index in [0.717, 1.165) is 38.1 Å². The number of hydrogen-bond donors (Lipinski definition) is 2. The van der Waals surface area contributed by atoms with Crippen LogP contribution in [0.25, 0.3) is 0 Å². The Balaban J connectivity index is 2.23. The van der Waals surface area contributed by atoms with E-state index in [1.807, 2.05) is 0 Å². The fraction of sp³-hybridized carbons (Fsp3) is 0.900. The molecule has 0 spiro atoms. The van der Waals surface area contributed by atoms with Crippen LogP contribution in [0.3, 0.4) is 0 Å². The van der Waals surface area contributed by atoms with Crippen molar-refractivity contribution in [1.82, 2.24) is 5.32 Å². The minimum absolute atomic E-state index is 0.0999. The van der Waals surface area contributed by atoms with Gasteiger partial charge in [0, 0.05) is 0 Å². The standard InChI is InChI=1S/C10H20N2O/c11-6-1-2-9-3-4-10(8-13)12-7-5-9/h8-10,12H,1-7,11H2. The molecule has 0 bridgehead atoms. The van der Waals surface area contributed by atoms with Gasteiger partial charge in [-0.2, -0.15) is 0 Å². The summed E-state index contributed by atoms with van der Waals surface area (Å²) in [5.41, 5.74) is 5.47. The highest BCUT2D eigenvalue weighted by molar-refractivity contribution is 5.57. The smallest absolute Gasteiger partial charge is 0.136 e. The molecular formula is C10H20N2O. The molecule has 0 amide bonds. The minimum Gasteiger partial charge on any atom is -0.330 e. The summed E-state index contributed by atoms with van der Waals surface area (Å²) in [4.78, 5) is 10.6. The van der Waals surface area contributed by atoms with Crippen molar-refractivity contribution in [1.29, 1.82) is 0 Å². The van der Waals surface area contributed by atoms with Crippen molar-refractivity contribution in [2.45, 2.75) is 38.1 Å². The van der Waals surface area contributed by atoms with E-state index in [4.69, 9.17) is 5.73 Å². The second kappa shape index (κ2) is 6.11. The maximum absolute atomic E-state index is 10.6. The van der Waals surface area contributed by atoms with E-state index >= 15 is 0 Å². The molecule has 3 heteroatoms. The Bertz CT molecular complexity index is 150. The van der Waals surface area contributed by atoms with Gasteiger partial charge in [0.05, 0.1) is 6.04 Å². The van der Waals surface area contributed by atoms with Crippen molar-refractivity contribution in [3.8, 4) is 0 Å². The number of rotatable bonds is 4. The molecule has 1 rings (SSSR count). The molecule has 2 atom stereocenters. The molecule has 3 N–H and O–H groups in total. The predicted molar refractivity (Wildman–Crippen MR) is 53.5 cm³/mol. The molecule has 2 unspecified atom stereocenters. The number of nitrogens with two attached hydrogens (primary N) is 1. The molecule has 0 saturated carbocycles. The second-order valence-electron chi connectivity index (χ2n) is 3.86. The summed E-state index contributed by atoms with van der Waals surface area (Å²) >= 11 is 0. The topological polar surface area (TPSA) is 55.1 Å². The average molecular weight is 184 g/mol. The molecule has 0 aromatic heterocycles. The molecule has 1 aliphatic rings. The highest BCUT2D eigenvalue weighted by Crippen LogP contribution is 2.20. The van der Waals surface area contributed by atoms with Crippen LogP contribution < -0.4 is 11.1 Å². The maximum Gasteiger partial charge on any atom is 0.136 e. The zero-order valence-corrected chi connectivity index (χ0v) is 8.17. The molecule has 3 nitrogen and oxygen atoms in total. The van der Waals surface area contributed by atoms with Crippen molar-refractivity contribution >= 4 is 6.29 Å². The Labute approximate surface area is 80.1 Å². The van der Waals surface area contributed by atoms with Crippen LogP contribution in [-0.4, -0.2) is 25.4 Å². The Hall–Kier alpha value is -0.410. The van der Waals surface area contributed by atoms with Crippen molar-refractivity contribution in [3.63, 3.8) is 0 Å². The van der Waals surface area contributed by atoms with Crippen LogP contribution in [0.5, 0.6) is 0 Å². The fourth-order valence-corrected chi connectivity index (χ4v) is 1.95. The molecule has 0 radical (unpaired) electrons. The van der Waals surface area contributed by atoms with Crippen LogP contribution in [0.1, 0.15) is 32.1 Å². The molecule has 0 aliphatic carbocycles. The third-order valence-corrected chi connectivity index (χ3v) is 2.83. The predicted octanol–water partition coefficient (Wildman–Crippen LogP) is 0.682. The molecule has 1 aliphatic heterocycles. The average Bonchev–Trinajstić information content (AvgIpc) is 2.39. The fourth-order valence-electron chi connectivity index (χ4n) is 1.95. The van der Waals surface area contributed by atoms with Crippen molar-refractivity contribution in [2.24, 2.45) is 11.7 Å². The zero-order chi connectivity index (χ0) is 9.52. The molecule has 76 valence electrons. The van der Waals surface area contributed by atoms with Crippen LogP contribution >= 0.6 is 0 Å². The summed E-state index contributed by atoms with van der Waals surface area (Å²) in [6.07, 6.45) is 6.75. The van der Waals surface area contributed by atoms with Gasteiger partial charge in [-0.05, 0) is 51.1 Å². The summed E-state index contributed by atoms with van der Waals surface area (Å²) in [6.45, 7) is 1.78. The second-order valence-corrected chi connectivity index (χ2v) is 3.86. The van der Waals surface area contributed by atoms with E-state index < -0.39 is 0 Å². The zero-order valence-electron chi connectivity index (χ0n) is 8.17. The normalized spacial score (nSPS) is 29.6. The highest BCUT2D eigenvalue weighted by atomic mass is 16.1. The van der Waals surface area contributed by atoms with Crippen LogP contribution in [0.15, 0.2) is 0 Å². The van der Waals surface area contributed by atoms with Gasteiger partial charge in [0.1, 0.15) is 6.29 Å². The molecule has 1 heterocycles. The Morgan fingerprint density at radius 2 is 2.23 bits per heavy atom. The molecule has 0 aromatic carbocycles. The summed E-state index contributed by atoms with van der Waals surface area (Å²) in [6, 6.07) is 0.0999.